The summed E-state index contributed by atoms with van der Waals surface area (Å²) < 4.78 is 5.39. The van der Waals surface area contributed by atoms with E-state index in [0.29, 0.717) is 0 Å². The van der Waals surface area contributed by atoms with E-state index >= 15 is 0 Å². The van der Waals surface area contributed by atoms with Gasteiger partial charge in [-0.3, -0.25) is 4.90 Å². The van der Waals surface area contributed by atoms with Gasteiger partial charge in [0.05, 0.1) is 13.7 Å². The highest BCUT2D eigenvalue weighted by Crippen LogP contribution is 2.25. The molecule has 17 heavy (non-hydrogen) atoms. The molecule has 3 nitrogen and oxygen atoms in total. The van der Waals surface area contributed by atoms with E-state index in [0.717, 1.165) is 36.5 Å². The first-order valence-corrected chi connectivity index (χ1v) is 6.33. The largest absolute Gasteiger partial charge is 0.496 e. The highest BCUT2D eigenvalue weighted by Gasteiger charge is 2.15. The molecule has 0 bridgehead atoms. The van der Waals surface area contributed by atoms with Gasteiger partial charge in [-0.15, -0.1) is 0 Å². The Bertz CT molecular complexity index is 337. The standard InChI is InChI=1S/C14H21NO2/c1-17-14-7-5-6-12(11-16)13(14)10-15-8-3-2-4-9-15/h5-7,16H,2-4,8-11H2,1H3. The van der Waals surface area contributed by atoms with Crippen molar-refractivity contribution in [1.29, 1.82) is 0 Å². The minimum Gasteiger partial charge on any atom is -0.496 e. The van der Waals surface area contributed by atoms with E-state index in [1.807, 2.05) is 18.2 Å². The number of aliphatic hydroxyl groups is 1. The van der Waals surface area contributed by atoms with Gasteiger partial charge in [0.25, 0.3) is 0 Å². The van der Waals surface area contributed by atoms with Gasteiger partial charge in [0.2, 0.25) is 0 Å². The number of nitrogens with zero attached hydrogens (tertiary/aromatic N) is 1. The van der Waals surface area contributed by atoms with Gasteiger partial charge in [-0.05, 0) is 37.6 Å². The van der Waals surface area contributed by atoms with Gasteiger partial charge in [-0.25, -0.2) is 0 Å². The van der Waals surface area contributed by atoms with Crippen molar-refractivity contribution < 1.29 is 9.84 Å². The summed E-state index contributed by atoms with van der Waals surface area (Å²) in [5.41, 5.74) is 2.12. The number of rotatable bonds is 4. The molecule has 0 radical (unpaired) electrons. The smallest absolute Gasteiger partial charge is 0.123 e. The molecule has 1 aromatic rings. The highest BCUT2D eigenvalue weighted by atomic mass is 16.5. The molecule has 3 heteroatoms. The summed E-state index contributed by atoms with van der Waals surface area (Å²) in [4.78, 5) is 2.44. The quantitative estimate of drug-likeness (QED) is 0.868. The summed E-state index contributed by atoms with van der Waals surface area (Å²) in [6.07, 6.45) is 3.91. The van der Waals surface area contributed by atoms with Gasteiger partial charge in [0.1, 0.15) is 5.75 Å². The summed E-state index contributed by atoms with van der Waals surface area (Å²) in [7, 11) is 1.69. The van der Waals surface area contributed by atoms with Crippen LogP contribution in [0.2, 0.25) is 0 Å². The fourth-order valence-electron chi connectivity index (χ4n) is 2.47. The third-order valence-electron chi connectivity index (χ3n) is 3.45. The molecule has 1 aliphatic heterocycles. The monoisotopic (exact) mass is 235 g/mol. The van der Waals surface area contributed by atoms with Gasteiger partial charge in [0.15, 0.2) is 0 Å². The van der Waals surface area contributed by atoms with Crippen LogP contribution in [0.1, 0.15) is 30.4 Å². The zero-order valence-electron chi connectivity index (χ0n) is 10.5. The molecule has 1 saturated heterocycles. The predicted octanol–water partition coefficient (Wildman–Crippen LogP) is 2.17. The van der Waals surface area contributed by atoms with Crippen molar-refractivity contribution in [2.45, 2.75) is 32.4 Å². The van der Waals surface area contributed by atoms with E-state index in [9.17, 15) is 5.11 Å². The molecule has 0 aliphatic carbocycles. The van der Waals surface area contributed by atoms with Gasteiger partial charge in [-0.2, -0.15) is 0 Å². The Morgan fingerprint density at radius 2 is 2.00 bits per heavy atom. The Morgan fingerprint density at radius 3 is 2.65 bits per heavy atom. The molecular weight excluding hydrogens is 214 g/mol. The topological polar surface area (TPSA) is 32.7 Å². The van der Waals surface area contributed by atoms with Crippen molar-refractivity contribution in [1.82, 2.24) is 4.90 Å². The van der Waals surface area contributed by atoms with Crippen LogP contribution < -0.4 is 4.74 Å². The number of aliphatic hydroxyl groups excluding tert-OH is 1. The molecule has 1 aromatic carbocycles. The first kappa shape index (κ1) is 12.4. The maximum absolute atomic E-state index is 9.39. The third-order valence-corrected chi connectivity index (χ3v) is 3.45. The molecule has 0 saturated carbocycles. The number of ether oxygens (including phenoxy) is 1. The second-order valence-electron chi connectivity index (χ2n) is 4.59. The Labute approximate surface area is 103 Å². The van der Waals surface area contributed by atoms with E-state index in [1.165, 1.54) is 19.3 Å². The fraction of sp³-hybridized carbons (Fsp3) is 0.571. The van der Waals surface area contributed by atoms with Gasteiger partial charge in [0, 0.05) is 12.1 Å². The number of methoxy groups -OCH3 is 1. The summed E-state index contributed by atoms with van der Waals surface area (Å²) in [6, 6.07) is 5.88. The second-order valence-corrected chi connectivity index (χ2v) is 4.59. The molecule has 1 aliphatic rings. The maximum Gasteiger partial charge on any atom is 0.123 e. The Morgan fingerprint density at radius 1 is 1.24 bits per heavy atom. The lowest BCUT2D eigenvalue weighted by molar-refractivity contribution is 0.214. The second kappa shape index (κ2) is 6.03. The molecular formula is C14H21NO2. The van der Waals surface area contributed by atoms with E-state index < -0.39 is 0 Å². The van der Waals surface area contributed by atoms with Crippen molar-refractivity contribution in [2.75, 3.05) is 20.2 Å². The molecule has 1 N–H and O–H groups in total. The molecule has 0 aromatic heterocycles. The van der Waals surface area contributed by atoms with Crippen molar-refractivity contribution in [3.8, 4) is 5.75 Å². The van der Waals surface area contributed by atoms with Crippen LogP contribution in [0.3, 0.4) is 0 Å². The highest BCUT2D eigenvalue weighted by molar-refractivity contribution is 5.40. The van der Waals surface area contributed by atoms with Gasteiger partial charge >= 0.3 is 0 Å². The van der Waals surface area contributed by atoms with Crippen LogP contribution in [0.15, 0.2) is 18.2 Å². The Kier molecular flexibility index (Phi) is 4.40. The molecule has 1 heterocycles. The van der Waals surface area contributed by atoms with Crippen LogP contribution in [-0.2, 0) is 13.2 Å². The van der Waals surface area contributed by atoms with E-state index in [-0.39, 0.29) is 6.61 Å². The zero-order chi connectivity index (χ0) is 12.1. The third kappa shape index (κ3) is 2.99. The number of benzene rings is 1. The first-order valence-electron chi connectivity index (χ1n) is 6.33. The van der Waals surface area contributed by atoms with E-state index in [2.05, 4.69) is 4.90 Å². The Hall–Kier alpha value is -1.06. The lowest BCUT2D eigenvalue weighted by Crippen LogP contribution is -2.29. The van der Waals surface area contributed by atoms with Crippen LogP contribution in [0.25, 0.3) is 0 Å². The summed E-state index contributed by atoms with van der Waals surface area (Å²) in [5, 5.41) is 9.39. The van der Waals surface area contributed by atoms with Crippen LogP contribution in [0.5, 0.6) is 5.75 Å². The lowest BCUT2D eigenvalue weighted by Gasteiger charge is -2.27. The van der Waals surface area contributed by atoms with Crippen LogP contribution >= 0.6 is 0 Å². The summed E-state index contributed by atoms with van der Waals surface area (Å²) >= 11 is 0. The average Bonchev–Trinajstić information content (AvgIpc) is 2.40. The first-order chi connectivity index (χ1) is 8.35. The Balaban J connectivity index is 2.16. The van der Waals surface area contributed by atoms with Crippen molar-refractivity contribution in [2.24, 2.45) is 0 Å². The fourth-order valence-corrected chi connectivity index (χ4v) is 2.47. The van der Waals surface area contributed by atoms with Crippen LogP contribution in [0.4, 0.5) is 0 Å². The molecule has 0 spiro atoms. The lowest BCUT2D eigenvalue weighted by atomic mass is 10.0. The molecule has 1 fully saturated rings. The number of piperidine rings is 1. The molecule has 94 valence electrons. The van der Waals surface area contributed by atoms with Crippen molar-refractivity contribution in [3.05, 3.63) is 29.3 Å². The molecule has 0 atom stereocenters. The number of hydrogen-bond acceptors (Lipinski definition) is 3. The van der Waals surface area contributed by atoms with Crippen molar-refractivity contribution in [3.63, 3.8) is 0 Å². The minimum atomic E-state index is 0.0837. The van der Waals surface area contributed by atoms with E-state index in [1.54, 1.807) is 7.11 Å². The molecule has 2 rings (SSSR count). The van der Waals surface area contributed by atoms with Crippen LogP contribution in [0, 0.1) is 0 Å². The minimum absolute atomic E-state index is 0.0837. The van der Waals surface area contributed by atoms with Crippen LogP contribution in [-0.4, -0.2) is 30.2 Å². The normalized spacial score (nSPS) is 17.1. The van der Waals surface area contributed by atoms with Gasteiger partial charge in [-0.1, -0.05) is 18.6 Å². The van der Waals surface area contributed by atoms with Gasteiger partial charge < -0.3 is 9.84 Å². The maximum atomic E-state index is 9.39. The average molecular weight is 235 g/mol. The summed E-state index contributed by atoms with van der Waals surface area (Å²) in [6.45, 7) is 3.28. The van der Waals surface area contributed by atoms with E-state index in [4.69, 9.17) is 4.74 Å². The molecule has 0 unspecified atom stereocenters. The number of likely N-dealkylation sites (tertiary alicyclic amines) is 1. The predicted molar refractivity (Wildman–Crippen MR) is 68.0 cm³/mol. The SMILES string of the molecule is COc1cccc(CO)c1CN1CCCCC1. The van der Waals surface area contributed by atoms with Crippen molar-refractivity contribution >= 4 is 0 Å². The summed E-state index contributed by atoms with van der Waals surface area (Å²) in [5.74, 6) is 0.891. The number of hydrogen-bond donors (Lipinski definition) is 1. The zero-order valence-corrected chi connectivity index (χ0v) is 10.5. The molecule has 0 amide bonds.